The third-order valence-electron chi connectivity index (χ3n) is 2.31. The molecule has 0 radical (unpaired) electrons. The first kappa shape index (κ1) is 12.4. The van der Waals surface area contributed by atoms with Gasteiger partial charge in [0.1, 0.15) is 16.7 Å². The van der Waals surface area contributed by atoms with E-state index in [1.165, 1.54) is 0 Å². The van der Waals surface area contributed by atoms with Gasteiger partial charge in [-0.1, -0.05) is 17.7 Å². The first-order chi connectivity index (χ1) is 8.69. The van der Waals surface area contributed by atoms with Crippen molar-refractivity contribution in [2.24, 2.45) is 0 Å². The number of nitrogens with one attached hydrogen (secondary N) is 1. The normalized spacial score (nSPS) is 9.89. The molecule has 0 saturated heterocycles. The number of halogens is 1. The summed E-state index contributed by atoms with van der Waals surface area (Å²) < 4.78 is 5.02. The lowest BCUT2D eigenvalue weighted by atomic mass is 10.2. The van der Waals surface area contributed by atoms with Gasteiger partial charge in [0.05, 0.1) is 7.11 Å². The van der Waals surface area contributed by atoms with E-state index in [1.54, 1.807) is 49.6 Å². The standard InChI is InChI=1S/C13H11ClN2O2/c1-18-10-7-5-9(6-8-10)13(17)16-12-4-2-3-11(14)15-12/h2-8H,1H3,(H,15,16,17). The molecule has 18 heavy (non-hydrogen) atoms. The second kappa shape index (κ2) is 5.51. The van der Waals surface area contributed by atoms with Gasteiger partial charge in [-0.3, -0.25) is 4.79 Å². The number of carbonyl (C=O) groups excluding carboxylic acids is 1. The highest BCUT2D eigenvalue weighted by Gasteiger charge is 2.06. The van der Waals surface area contributed by atoms with E-state index in [0.29, 0.717) is 22.3 Å². The molecule has 0 aliphatic heterocycles. The van der Waals surface area contributed by atoms with Crippen molar-refractivity contribution >= 4 is 23.3 Å². The summed E-state index contributed by atoms with van der Waals surface area (Å²) in [6.45, 7) is 0. The van der Waals surface area contributed by atoms with Crippen LogP contribution in [0.25, 0.3) is 0 Å². The lowest BCUT2D eigenvalue weighted by Crippen LogP contribution is -2.12. The number of anilines is 1. The molecule has 4 nitrogen and oxygen atoms in total. The van der Waals surface area contributed by atoms with Crippen LogP contribution in [-0.2, 0) is 0 Å². The Balaban J connectivity index is 2.11. The van der Waals surface area contributed by atoms with E-state index in [4.69, 9.17) is 16.3 Å². The fourth-order valence-corrected chi connectivity index (χ4v) is 1.57. The van der Waals surface area contributed by atoms with E-state index in [0.717, 1.165) is 0 Å². The Morgan fingerprint density at radius 1 is 1.22 bits per heavy atom. The molecule has 1 amide bonds. The maximum atomic E-state index is 11.9. The Kier molecular flexibility index (Phi) is 3.79. The summed E-state index contributed by atoms with van der Waals surface area (Å²) >= 11 is 5.73. The molecule has 2 aromatic rings. The predicted molar refractivity (Wildman–Crippen MR) is 70.2 cm³/mol. The Bertz CT molecular complexity index is 555. The molecule has 1 aromatic heterocycles. The van der Waals surface area contributed by atoms with Crippen LogP contribution in [0.15, 0.2) is 42.5 Å². The maximum absolute atomic E-state index is 11.9. The van der Waals surface area contributed by atoms with Gasteiger partial charge in [0.15, 0.2) is 0 Å². The highest BCUT2D eigenvalue weighted by Crippen LogP contribution is 2.14. The number of amides is 1. The van der Waals surface area contributed by atoms with Crippen LogP contribution in [0.1, 0.15) is 10.4 Å². The summed E-state index contributed by atoms with van der Waals surface area (Å²) in [4.78, 5) is 15.9. The largest absolute Gasteiger partial charge is 0.497 e. The molecule has 0 atom stereocenters. The molecule has 2 rings (SSSR count). The Labute approximate surface area is 110 Å². The lowest BCUT2D eigenvalue weighted by Gasteiger charge is -2.05. The Hall–Kier alpha value is -2.07. The van der Waals surface area contributed by atoms with Crippen LogP contribution in [0, 0.1) is 0 Å². The smallest absolute Gasteiger partial charge is 0.256 e. The topological polar surface area (TPSA) is 51.2 Å². The molecule has 1 aromatic carbocycles. The SMILES string of the molecule is COc1ccc(C(=O)Nc2cccc(Cl)n2)cc1. The first-order valence-electron chi connectivity index (χ1n) is 5.27. The second-order valence-corrected chi connectivity index (χ2v) is 3.92. The van der Waals surface area contributed by atoms with Crippen LogP contribution in [0.3, 0.4) is 0 Å². The number of hydrogen-bond donors (Lipinski definition) is 1. The number of carbonyl (C=O) groups is 1. The number of methoxy groups -OCH3 is 1. The predicted octanol–water partition coefficient (Wildman–Crippen LogP) is 3.00. The van der Waals surface area contributed by atoms with Gasteiger partial charge >= 0.3 is 0 Å². The van der Waals surface area contributed by atoms with Crippen molar-refractivity contribution in [3.8, 4) is 5.75 Å². The maximum Gasteiger partial charge on any atom is 0.256 e. The summed E-state index contributed by atoms with van der Waals surface area (Å²) in [5.41, 5.74) is 0.526. The zero-order chi connectivity index (χ0) is 13.0. The van der Waals surface area contributed by atoms with Crippen molar-refractivity contribution in [2.45, 2.75) is 0 Å². The van der Waals surface area contributed by atoms with Crippen LogP contribution in [0.5, 0.6) is 5.75 Å². The molecular formula is C13H11ClN2O2. The van der Waals surface area contributed by atoms with E-state index >= 15 is 0 Å². The molecule has 92 valence electrons. The lowest BCUT2D eigenvalue weighted by molar-refractivity contribution is 0.102. The summed E-state index contributed by atoms with van der Waals surface area (Å²) in [5.74, 6) is 0.878. The van der Waals surface area contributed by atoms with Crippen LogP contribution in [0.2, 0.25) is 5.15 Å². The van der Waals surface area contributed by atoms with Gasteiger partial charge < -0.3 is 10.1 Å². The van der Waals surface area contributed by atoms with E-state index in [2.05, 4.69) is 10.3 Å². The Morgan fingerprint density at radius 2 is 1.94 bits per heavy atom. The van der Waals surface area contributed by atoms with E-state index in [9.17, 15) is 4.79 Å². The van der Waals surface area contributed by atoms with Crippen molar-refractivity contribution in [2.75, 3.05) is 12.4 Å². The van der Waals surface area contributed by atoms with Crippen LogP contribution in [0.4, 0.5) is 5.82 Å². The van der Waals surface area contributed by atoms with Gasteiger partial charge in [0.25, 0.3) is 5.91 Å². The average Bonchev–Trinajstić information content (AvgIpc) is 2.39. The fraction of sp³-hybridized carbons (Fsp3) is 0.0769. The van der Waals surface area contributed by atoms with E-state index in [-0.39, 0.29) is 5.91 Å². The van der Waals surface area contributed by atoms with Gasteiger partial charge in [-0.25, -0.2) is 4.98 Å². The van der Waals surface area contributed by atoms with Crippen LogP contribution >= 0.6 is 11.6 Å². The molecular weight excluding hydrogens is 252 g/mol. The average molecular weight is 263 g/mol. The minimum atomic E-state index is -0.243. The van der Waals surface area contributed by atoms with Gasteiger partial charge in [0.2, 0.25) is 0 Å². The molecule has 0 aliphatic rings. The number of nitrogens with zero attached hydrogens (tertiary/aromatic N) is 1. The highest BCUT2D eigenvalue weighted by atomic mass is 35.5. The van der Waals surface area contributed by atoms with Gasteiger partial charge in [-0.2, -0.15) is 0 Å². The minimum Gasteiger partial charge on any atom is -0.497 e. The van der Waals surface area contributed by atoms with Crippen molar-refractivity contribution in [3.05, 3.63) is 53.2 Å². The van der Waals surface area contributed by atoms with Crippen LogP contribution in [-0.4, -0.2) is 18.0 Å². The monoisotopic (exact) mass is 262 g/mol. The van der Waals surface area contributed by atoms with Gasteiger partial charge in [0, 0.05) is 5.56 Å². The molecule has 0 bridgehead atoms. The van der Waals surface area contributed by atoms with Crippen LogP contribution < -0.4 is 10.1 Å². The van der Waals surface area contributed by atoms with E-state index < -0.39 is 0 Å². The molecule has 1 heterocycles. The molecule has 0 fully saturated rings. The molecule has 1 N–H and O–H groups in total. The number of pyridine rings is 1. The summed E-state index contributed by atoms with van der Waals surface area (Å²) in [6.07, 6.45) is 0. The quantitative estimate of drug-likeness (QED) is 0.865. The summed E-state index contributed by atoms with van der Waals surface area (Å²) in [6, 6.07) is 11.8. The van der Waals surface area contributed by atoms with Crippen molar-refractivity contribution in [1.82, 2.24) is 4.98 Å². The minimum absolute atomic E-state index is 0.243. The van der Waals surface area contributed by atoms with E-state index in [1.807, 2.05) is 0 Å². The number of benzene rings is 1. The molecule has 0 spiro atoms. The summed E-state index contributed by atoms with van der Waals surface area (Å²) in [5, 5.41) is 3.00. The third kappa shape index (κ3) is 2.99. The van der Waals surface area contributed by atoms with Crippen molar-refractivity contribution in [3.63, 3.8) is 0 Å². The molecule has 0 unspecified atom stereocenters. The highest BCUT2D eigenvalue weighted by molar-refractivity contribution is 6.29. The Morgan fingerprint density at radius 3 is 2.56 bits per heavy atom. The van der Waals surface area contributed by atoms with Gasteiger partial charge in [-0.15, -0.1) is 0 Å². The first-order valence-corrected chi connectivity index (χ1v) is 5.65. The zero-order valence-corrected chi connectivity index (χ0v) is 10.4. The van der Waals surface area contributed by atoms with Crippen molar-refractivity contribution < 1.29 is 9.53 Å². The summed E-state index contributed by atoms with van der Waals surface area (Å²) in [7, 11) is 1.57. The molecule has 0 aliphatic carbocycles. The molecule has 5 heteroatoms. The second-order valence-electron chi connectivity index (χ2n) is 3.53. The zero-order valence-electron chi connectivity index (χ0n) is 9.68. The third-order valence-corrected chi connectivity index (χ3v) is 2.52. The number of rotatable bonds is 3. The molecule has 0 saturated carbocycles. The number of aromatic nitrogens is 1. The van der Waals surface area contributed by atoms with Crippen molar-refractivity contribution in [1.29, 1.82) is 0 Å². The van der Waals surface area contributed by atoms with Gasteiger partial charge in [-0.05, 0) is 36.4 Å². The number of ether oxygens (including phenoxy) is 1. The fourth-order valence-electron chi connectivity index (χ4n) is 1.41. The number of hydrogen-bond acceptors (Lipinski definition) is 3.